The number of rotatable bonds is 2. The average molecular weight is 297 g/mol. The first-order valence-electron chi connectivity index (χ1n) is 6.76. The maximum absolute atomic E-state index is 6.27. The van der Waals surface area contributed by atoms with E-state index in [1.807, 2.05) is 12.1 Å². The highest BCUT2D eigenvalue weighted by atomic mass is 35.5. The predicted molar refractivity (Wildman–Crippen MR) is 87.1 cm³/mol. The van der Waals surface area contributed by atoms with Crippen LogP contribution in [0.25, 0.3) is 0 Å². The molecule has 1 aromatic carbocycles. The first-order valence-corrected chi connectivity index (χ1v) is 7.54. The van der Waals surface area contributed by atoms with Crippen LogP contribution >= 0.6 is 23.8 Å². The van der Waals surface area contributed by atoms with Gasteiger partial charge in [-0.1, -0.05) is 37.7 Å². The molecule has 0 radical (unpaired) electrons. The lowest BCUT2D eigenvalue weighted by Crippen LogP contribution is -2.45. The topological polar surface area (TPSA) is 29.3 Å². The minimum Gasteiger partial charge on any atom is -0.389 e. The molecule has 0 bridgehead atoms. The number of thiocarbonyl (C=S) groups is 1. The van der Waals surface area contributed by atoms with Gasteiger partial charge in [0.2, 0.25) is 0 Å². The van der Waals surface area contributed by atoms with Crippen molar-refractivity contribution in [3.8, 4) is 0 Å². The Hall–Kier alpha value is -0.800. The van der Waals surface area contributed by atoms with Crippen LogP contribution in [0.4, 0.5) is 5.69 Å². The molecule has 0 spiro atoms. The van der Waals surface area contributed by atoms with Crippen LogP contribution in [0.3, 0.4) is 0 Å². The Morgan fingerprint density at radius 2 is 2.05 bits per heavy atom. The summed E-state index contributed by atoms with van der Waals surface area (Å²) in [5, 5.41) is 0.642. The van der Waals surface area contributed by atoms with Crippen LogP contribution in [0.5, 0.6) is 0 Å². The van der Waals surface area contributed by atoms with Gasteiger partial charge in [0.05, 0.1) is 5.02 Å². The van der Waals surface area contributed by atoms with Gasteiger partial charge in [-0.05, 0) is 43.4 Å². The van der Waals surface area contributed by atoms with Crippen molar-refractivity contribution in [1.82, 2.24) is 0 Å². The molecule has 0 saturated carbocycles. The van der Waals surface area contributed by atoms with Gasteiger partial charge in [0.15, 0.2) is 0 Å². The highest BCUT2D eigenvalue weighted by Crippen LogP contribution is 2.33. The molecule has 2 rings (SSSR count). The molecule has 1 heterocycles. The van der Waals surface area contributed by atoms with Crippen molar-refractivity contribution in [2.45, 2.75) is 33.2 Å². The number of piperidine rings is 1. The summed E-state index contributed by atoms with van der Waals surface area (Å²) >= 11 is 11.3. The van der Waals surface area contributed by atoms with Gasteiger partial charge < -0.3 is 10.6 Å². The molecule has 1 aliphatic rings. The Bertz CT molecular complexity index is 489. The smallest absolute Gasteiger partial charge is 0.105 e. The maximum Gasteiger partial charge on any atom is 0.105 e. The van der Waals surface area contributed by atoms with Crippen LogP contribution in [-0.4, -0.2) is 17.6 Å². The van der Waals surface area contributed by atoms with Crippen molar-refractivity contribution < 1.29 is 0 Å². The van der Waals surface area contributed by atoms with Crippen molar-refractivity contribution in [2.75, 3.05) is 11.4 Å². The summed E-state index contributed by atoms with van der Waals surface area (Å²) in [7, 11) is 0. The molecule has 0 amide bonds. The standard InChI is InChI=1S/C15H21ClN2S/c1-9-6-10(2)11(3)18(8-9)12-4-5-13(15(17)19)14(16)7-12/h4-5,7,9-11H,6,8H2,1-3H3,(H2,17,19). The molecule has 3 unspecified atom stereocenters. The first-order chi connectivity index (χ1) is 8.90. The third-order valence-corrected chi connectivity index (χ3v) is 4.68. The van der Waals surface area contributed by atoms with Crippen LogP contribution in [-0.2, 0) is 0 Å². The van der Waals surface area contributed by atoms with E-state index in [0.29, 0.717) is 27.9 Å². The van der Waals surface area contributed by atoms with E-state index in [9.17, 15) is 0 Å². The molecule has 0 aliphatic carbocycles. The molecule has 19 heavy (non-hydrogen) atoms. The van der Waals surface area contributed by atoms with Crippen LogP contribution in [0, 0.1) is 11.8 Å². The normalized spacial score (nSPS) is 27.4. The average Bonchev–Trinajstić information content (AvgIpc) is 2.33. The highest BCUT2D eigenvalue weighted by Gasteiger charge is 2.29. The van der Waals surface area contributed by atoms with Crippen LogP contribution in [0.1, 0.15) is 32.8 Å². The minimum absolute atomic E-state index is 0.352. The van der Waals surface area contributed by atoms with E-state index >= 15 is 0 Å². The summed E-state index contributed by atoms with van der Waals surface area (Å²) in [5.41, 5.74) is 7.57. The molecule has 1 aromatic rings. The van der Waals surface area contributed by atoms with E-state index in [1.54, 1.807) is 0 Å². The molecular weight excluding hydrogens is 276 g/mol. The molecule has 0 aromatic heterocycles. The Morgan fingerprint density at radius 1 is 1.37 bits per heavy atom. The van der Waals surface area contributed by atoms with Gasteiger partial charge in [0.25, 0.3) is 0 Å². The van der Waals surface area contributed by atoms with Gasteiger partial charge in [-0.3, -0.25) is 0 Å². The Balaban J connectivity index is 2.31. The van der Waals surface area contributed by atoms with Gasteiger partial charge in [-0.2, -0.15) is 0 Å². The van der Waals surface area contributed by atoms with Gasteiger partial charge in [0.1, 0.15) is 4.99 Å². The van der Waals surface area contributed by atoms with E-state index in [2.05, 4.69) is 31.7 Å². The fourth-order valence-electron chi connectivity index (χ4n) is 2.94. The lowest BCUT2D eigenvalue weighted by molar-refractivity contribution is 0.297. The molecule has 104 valence electrons. The Morgan fingerprint density at radius 3 is 2.63 bits per heavy atom. The Kier molecular flexibility index (Phi) is 4.36. The quantitative estimate of drug-likeness (QED) is 0.841. The van der Waals surface area contributed by atoms with Crippen molar-refractivity contribution in [1.29, 1.82) is 0 Å². The van der Waals surface area contributed by atoms with Gasteiger partial charge in [-0.25, -0.2) is 0 Å². The van der Waals surface area contributed by atoms with E-state index in [0.717, 1.165) is 17.8 Å². The summed E-state index contributed by atoms with van der Waals surface area (Å²) in [5.74, 6) is 1.40. The van der Waals surface area contributed by atoms with Gasteiger partial charge in [-0.15, -0.1) is 0 Å². The monoisotopic (exact) mass is 296 g/mol. The van der Waals surface area contributed by atoms with Crippen LogP contribution in [0.2, 0.25) is 5.02 Å². The van der Waals surface area contributed by atoms with Crippen LogP contribution < -0.4 is 10.6 Å². The zero-order valence-electron chi connectivity index (χ0n) is 11.7. The number of benzene rings is 1. The lowest BCUT2D eigenvalue weighted by atomic mass is 9.85. The second-order valence-corrected chi connectivity index (χ2v) is 6.59. The second-order valence-electron chi connectivity index (χ2n) is 5.74. The van der Waals surface area contributed by atoms with E-state index in [1.165, 1.54) is 6.42 Å². The predicted octanol–water partition coefficient (Wildman–Crippen LogP) is 3.85. The lowest BCUT2D eigenvalue weighted by Gasteiger charge is -2.42. The molecule has 1 fully saturated rings. The molecule has 2 N–H and O–H groups in total. The summed E-state index contributed by atoms with van der Waals surface area (Å²) < 4.78 is 0. The molecule has 3 atom stereocenters. The fraction of sp³-hybridized carbons (Fsp3) is 0.533. The number of hydrogen-bond acceptors (Lipinski definition) is 2. The summed E-state index contributed by atoms with van der Waals surface area (Å²) in [6, 6.07) is 6.51. The van der Waals surface area contributed by atoms with Gasteiger partial charge >= 0.3 is 0 Å². The Labute approximate surface area is 125 Å². The van der Waals surface area contributed by atoms with E-state index < -0.39 is 0 Å². The molecular formula is C15H21ClN2S. The largest absolute Gasteiger partial charge is 0.389 e. The van der Waals surface area contributed by atoms with Crippen molar-refractivity contribution in [3.63, 3.8) is 0 Å². The van der Waals surface area contributed by atoms with Crippen molar-refractivity contribution in [2.24, 2.45) is 17.6 Å². The van der Waals surface area contributed by atoms with E-state index in [4.69, 9.17) is 29.6 Å². The summed E-state index contributed by atoms with van der Waals surface area (Å²) in [6.07, 6.45) is 1.29. The van der Waals surface area contributed by atoms with Crippen molar-refractivity contribution in [3.05, 3.63) is 28.8 Å². The maximum atomic E-state index is 6.27. The van der Waals surface area contributed by atoms with Crippen molar-refractivity contribution >= 4 is 34.5 Å². The van der Waals surface area contributed by atoms with Crippen LogP contribution in [0.15, 0.2) is 18.2 Å². The number of halogens is 1. The number of nitrogens with two attached hydrogens (primary N) is 1. The third-order valence-electron chi connectivity index (χ3n) is 4.15. The summed E-state index contributed by atoms with van der Waals surface area (Å²) in [6.45, 7) is 7.98. The zero-order valence-corrected chi connectivity index (χ0v) is 13.3. The highest BCUT2D eigenvalue weighted by molar-refractivity contribution is 7.80. The third kappa shape index (κ3) is 3.03. The summed E-state index contributed by atoms with van der Waals surface area (Å²) in [4.78, 5) is 2.79. The van der Waals surface area contributed by atoms with Gasteiger partial charge in [0, 0.05) is 23.8 Å². The molecule has 2 nitrogen and oxygen atoms in total. The number of nitrogens with zero attached hydrogens (tertiary/aromatic N) is 1. The molecule has 4 heteroatoms. The molecule has 1 aliphatic heterocycles. The number of anilines is 1. The SMILES string of the molecule is CC1CC(C)C(C)N(c2ccc(C(N)=S)c(Cl)c2)C1. The second kappa shape index (κ2) is 5.68. The zero-order chi connectivity index (χ0) is 14.2. The minimum atomic E-state index is 0.352. The fourth-order valence-corrected chi connectivity index (χ4v) is 3.45. The van der Waals surface area contributed by atoms with E-state index in [-0.39, 0.29) is 0 Å². The molecule has 1 saturated heterocycles. The first kappa shape index (κ1) is 14.6. The number of hydrogen-bond donors (Lipinski definition) is 1.